The van der Waals surface area contributed by atoms with E-state index in [0.29, 0.717) is 13.1 Å². The minimum Gasteiger partial charge on any atom is -0.473 e. The summed E-state index contributed by atoms with van der Waals surface area (Å²) in [5, 5.41) is 0. The molecule has 3 aliphatic rings. The Morgan fingerprint density at radius 2 is 1.93 bits per heavy atom. The van der Waals surface area contributed by atoms with Crippen molar-refractivity contribution in [2.24, 2.45) is 0 Å². The van der Waals surface area contributed by atoms with Gasteiger partial charge in [0.2, 0.25) is 5.88 Å². The van der Waals surface area contributed by atoms with Gasteiger partial charge in [-0.3, -0.25) is 4.90 Å². The number of ether oxygens (including phenoxy) is 2. The van der Waals surface area contributed by atoms with Crippen LogP contribution in [0.2, 0.25) is 0 Å². The van der Waals surface area contributed by atoms with Gasteiger partial charge in [0.25, 0.3) is 0 Å². The predicted molar refractivity (Wildman–Crippen MR) is 107 cm³/mol. The Bertz CT molecular complexity index is 709. The summed E-state index contributed by atoms with van der Waals surface area (Å²) in [6.07, 6.45) is 7.26. The molecule has 0 N–H and O–H groups in total. The van der Waals surface area contributed by atoms with E-state index in [1.165, 1.54) is 25.7 Å². The molecule has 28 heavy (non-hydrogen) atoms. The van der Waals surface area contributed by atoms with Crippen LogP contribution in [0.1, 0.15) is 64.1 Å². The lowest BCUT2D eigenvalue weighted by Crippen LogP contribution is -2.40. The van der Waals surface area contributed by atoms with E-state index in [9.17, 15) is 4.79 Å². The number of hydrogen-bond acceptors (Lipinski definition) is 5. The molecule has 1 amide bonds. The summed E-state index contributed by atoms with van der Waals surface area (Å²) in [5.74, 6) is 0.725. The van der Waals surface area contributed by atoms with E-state index in [0.717, 1.165) is 49.1 Å². The molecule has 154 valence electrons. The van der Waals surface area contributed by atoms with Crippen LogP contribution < -0.4 is 4.74 Å². The molecular formula is C22H33N3O3. The van der Waals surface area contributed by atoms with Gasteiger partial charge in [0.05, 0.1) is 12.2 Å². The number of likely N-dealkylation sites (tertiary alicyclic amines) is 1. The summed E-state index contributed by atoms with van der Waals surface area (Å²) in [7, 11) is 0. The molecule has 1 aromatic rings. The van der Waals surface area contributed by atoms with Gasteiger partial charge in [-0.1, -0.05) is 18.9 Å². The van der Waals surface area contributed by atoms with E-state index >= 15 is 0 Å². The molecule has 0 spiro atoms. The average Bonchev–Trinajstić information content (AvgIpc) is 3.31. The number of fused-ring (bicyclic) bond motifs is 1. The molecule has 1 saturated heterocycles. The molecule has 1 unspecified atom stereocenters. The van der Waals surface area contributed by atoms with Gasteiger partial charge in [-0.2, -0.15) is 0 Å². The first-order chi connectivity index (χ1) is 13.4. The standard InChI is InChI=1S/C22H33N3O3/c1-22(2,3)28-21(26)25-13-11-19-16(14-25)8-9-20(23-19)27-18-10-12-24(15-18)17-6-4-5-7-17/h8-9,17-18H,4-7,10-15H2,1-3H3. The lowest BCUT2D eigenvalue weighted by Gasteiger charge is -2.31. The minimum absolute atomic E-state index is 0.244. The number of carbonyl (C=O) groups excluding carboxylic acids is 1. The summed E-state index contributed by atoms with van der Waals surface area (Å²) in [5.41, 5.74) is 1.66. The molecule has 6 nitrogen and oxygen atoms in total. The second kappa shape index (κ2) is 7.90. The van der Waals surface area contributed by atoms with Crippen LogP contribution in [0.25, 0.3) is 0 Å². The monoisotopic (exact) mass is 387 g/mol. The van der Waals surface area contributed by atoms with Crippen molar-refractivity contribution in [2.75, 3.05) is 19.6 Å². The molecule has 1 atom stereocenters. The minimum atomic E-state index is -0.471. The van der Waals surface area contributed by atoms with Crippen molar-refractivity contribution < 1.29 is 14.3 Å². The van der Waals surface area contributed by atoms with Crippen LogP contribution >= 0.6 is 0 Å². The summed E-state index contributed by atoms with van der Waals surface area (Å²) in [4.78, 5) is 21.4. The van der Waals surface area contributed by atoms with Crippen LogP contribution in [0.15, 0.2) is 12.1 Å². The third-order valence-electron chi connectivity index (χ3n) is 5.98. The summed E-state index contributed by atoms with van der Waals surface area (Å²) in [6, 6.07) is 4.78. The summed E-state index contributed by atoms with van der Waals surface area (Å²) < 4.78 is 11.7. The van der Waals surface area contributed by atoms with Crippen molar-refractivity contribution in [1.82, 2.24) is 14.8 Å². The molecule has 3 heterocycles. The summed E-state index contributed by atoms with van der Waals surface area (Å²) in [6.45, 7) is 9.04. The Kier molecular flexibility index (Phi) is 5.50. The zero-order valence-electron chi connectivity index (χ0n) is 17.4. The number of nitrogens with zero attached hydrogens (tertiary/aromatic N) is 3. The Morgan fingerprint density at radius 3 is 2.68 bits per heavy atom. The molecule has 1 aliphatic carbocycles. The van der Waals surface area contributed by atoms with Gasteiger partial charge in [-0.05, 0) is 45.6 Å². The second-order valence-corrected chi connectivity index (χ2v) is 9.37. The third-order valence-corrected chi connectivity index (χ3v) is 5.98. The smallest absolute Gasteiger partial charge is 0.410 e. The number of pyridine rings is 1. The maximum atomic E-state index is 12.3. The average molecular weight is 388 g/mol. The van der Waals surface area contributed by atoms with Gasteiger partial charge < -0.3 is 14.4 Å². The maximum Gasteiger partial charge on any atom is 0.410 e. The van der Waals surface area contributed by atoms with Crippen molar-refractivity contribution in [3.05, 3.63) is 23.4 Å². The largest absolute Gasteiger partial charge is 0.473 e. The Balaban J connectivity index is 1.33. The molecule has 0 bridgehead atoms. The highest BCUT2D eigenvalue weighted by Gasteiger charge is 2.31. The number of hydrogen-bond donors (Lipinski definition) is 0. The first kappa shape index (κ1) is 19.5. The molecule has 0 radical (unpaired) electrons. The first-order valence-corrected chi connectivity index (χ1v) is 10.7. The van der Waals surface area contributed by atoms with Gasteiger partial charge >= 0.3 is 6.09 Å². The van der Waals surface area contributed by atoms with E-state index in [4.69, 9.17) is 14.5 Å². The predicted octanol–water partition coefficient (Wildman–Crippen LogP) is 3.77. The van der Waals surface area contributed by atoms with Gasteiger partial charge in [0.15, 0.2) is 0 Å². The fourth-order valence-electron chi connectivity index (χ4n) is 4.57. The Hall–Kier alpha value is -1.82. The SMILES string of the molecule is CC(C)(C)OC(=O)N1CCc2nc(OC3CCN(C4CCCC4)C3)ccc2C1. The lowest BCUT2D eigenvalue weighted by atomic mass is 10.1. The topological polar surface area (TPSA) is 54.9 Å². The number of rotatable bonds is 3. The van der Waals surface area contributed by atoms with Crippen LogP contribution in [0, 0.1) is 0 Å². The number of amides is 1. The van der Waals surface area contributed by atoms with Crippen LogP contribution in [0.5, 0.6) is 5.88 Å². The highest BCUT2D eigenvalue weighted by Crippen LogP contribution is 2.28. The van der Waals surface area contributed by atoms with E-state index in [2.05, 4.69) is 11.0 Å². The maximum absolute atomic E-state index is 12.3. The van der Waals surface area contributed by atoms with Crippen molar-refractivity contribution in [3.8, 4) is 5.88 Å². The number of aromatic nitrogens is 1. The molecule has 2 fully saturated rings. The highest BCUT2D eigenvalue weighted by molar-refractivity contribution is 5.68. The molecule has 0 aromatic carbocycles. The van der Waals surface area contributed by atoms with Crippen molar-refractivity contribution in [3.63, 3.8) is 0 Å². The molecule has 2 aliphatic heterocycles. The van der Waals surface area contributed by atoms with Gasteiger partial charge in [0, 0.05) is 38.2 Å². The molecule has 4 rings (SSSR count). The van der Waals surface area contributed by atoms with Crippen LogP contribution in [0.3, 0.4) is 0 Å². The fraction of sp³-hybridized carbons (Fsp3) is 0.727. The van der Waals surface area contributed by atoms with E-state index in [1.54, 1.807) is 4.90 Å². The van der Waals surface area contributed by atoms with E-state index in [-0.39, 0.29) is 12.2 Å². The highest BCUT2D eigenvalue weighted by atomic mass is 16.6. The van der Waals surface area contributed by atoms with Crippen molar-refractivity contribution in [2.45, 2.75) is 83.6 Å². The Labute approximate surface area is 168 Å². The van der Waals surface area contributed by atoms with E-state index in [1.807, 2.05) is 26.8 Å². The van der Waals surface area contributed by atoms with Crippen molar-refractivity contribution >= 4 is 6.09 Å². The van der Waals surface area contributed by atoms with Crippen LogP contribution in [-0.4, -0.2) is 58.3 Å². The zero-order valence-corrected chi connectivity index (χ0v) is 17.4. The second-order valence-electron chi connectivity index (χ2n) is 9.37. The normalized spacial score (nSPS) is 23.7. The number of carbonyl (C=O) groups is 1. The summed E-state index contributed by atoms with van der Waals surface area (Å²) >= 11 is 0. The zero-order chi connectivity index (χ0) is 19.7. The lowest BCUT2D eigenvalue weighted by molar-refractivity contribution is 0.0222. The molecule has 1 saturated carbocycles. The first-order valence-electron chi connectivity index (χ1n) is 10.7. The molecule has 6 heteroatoms. The third kappa shape index (κ3) is 4.59. The van der Waals surface area contributed by atoms with Crippen LogP contribution in [-0.2, 0) is 17.7 Å². The molecule has 1 aromatic heterocycles. The quantitative estimate of drug-likeness (QED) is 0.790. The van der Waals surface area contributed by atoms with Crippen LogP contribution in [0.4, 0.5) is 4.79 Å². The van der Waals surface area contributed by atoms with Gasteiger partial charge in [-0.25, -0.2) is 9.78 Å². The molecular weight excluding hydrogens is 354 g/mol. The Morgan fingerprint density at radius 1 is 1.14 bits per heavy atom. The van der Waals surface area contributed by atoms with Gasteiger partial charge in [0.1, 0.15) is 11.7 Å². The van der Waals surface area contributed by atoms with Crippen molar-refractivity contribution in [1.29, 1.82) is 0 Å². The fourth-order valence-corrected chi connectivity index (χ4v) is 4.57. The van der Waals surface area contributed by atoms with E-state index < -0.39 is 5.60 Å². The van der Waals surface area contributed by atoms with Gasteiger partial charge in [-0.15, -0.1) is 0 Å².